The maximum atomic E-state index is 13.2. The number of anilines is 1. The third-order valence-corrected chi connectivity index (χ3v) is 11.1. The Morgan fingerprint density at radius 1 is 0.679 bits per heavy atom. The molecule has 6 N–H and O–H groups in total. The molecule has 1 heterocycles. The first-order chi connectivity index (χ1) is 23.9. The second kappa shape index (κ2) is 19.8. The minimum absolute atomic E-state index is 0. The maximum absolute atomic E-state index is 13.2. The number of aromatic hydroxyl groups is 1. The molecule has 4 radical (unpaired) electrons. The predicted octanol–water partition coefficient (Wildman–Crippen LogP) is 2.94. The number of nitrogens with zero attached hydrogens (tertiary/aromatic N) is 4. The number of fused-ring (bicyclic) bond motifs is 2. The number of aromatic nitrogens is 2. The molecule has 30 heteroatoms. The maximum Gasteiger partial charge on any atom is 0.298 e. The molecule has 0 fully saturated rings. The van der Waals surface area contributed by atoms with Crippen molar-refractivity contribution in [3.05, 3.63) is 64.4 Å². The number of benzene rings is 4. The quantitative estimate of drug-likeness (QED) is 0.0703. The summed E-state index contributed by atoms with van der Waals surface area (Å²) in [7, 11) is -20.5. The average Bonchev–Trinajstić information content (AvgIpc) is 3.02. The SMILES string of the molecule is COc1cc(S(=O)(=O)O)c(N=Nc2c(S(=O)(=O)O)cc3c(S(=O)(=O)O)c(NC(=O)c4ccc5nc(Cl)c(Cl)nc5c4)ccc3c2O)cc1S(=O)(=O)O.[Na].[Na].[Na].[Na]. The zero-order chi connectivity index (χ0) is 38.7. The molecule has 0 bridgehead atoms. The van der Waals surface area contributed by atoms with Crippen LogP contribution in [-0.4, -0.2) is 198 Å². The van der Waals surface area contributed by atoms with Crippen molar-refractivity contribution in [2.45, 2.75) is 19.6 Å². The van der Waals surface area contributed by atoms with Crippen LogP contribution in [0.2, 0.25) is 10.3 Å². The van der Waals surface area contributed by atoms with Crippen LogP contribution in [0.4, 0.5) is 17.1 Å². The van der Waals surface area contributed by atoms with Crippen LogP contribution >= 0.6 is 23.2 Å². The van der Waals surface area contributed by atoms with E-state index in [1.54, 1.807) is 0 Å². The van der Waals surface area contributed by atoms with E-state index in [2.05, 4.69) is 25.5 Å². The van der Waals surface area contributed by atoms with Gasteiger partial charge in [-0.3, -0.25) is 23.0 Å². The number of rotatable bonds is 9. The minimum atomic E-state index is -5.54. The first-order valence-electron chi connectivity index (χ1n) is 13.2. The van der Waals surface area contributed by atoms with Crippen LogP contribution in [0.15, 0.2) is 78.3 Å². The van der Waals surface area contributed by atoms with Gasteiger partial charge in [-0.1, -0.05) is 23.2 Å². The Morgan fingerprint density at radius 3 is 1.75 bits per heavy atom. The summed E-state index contributed by atoms with van der Waals surface area (Å²) in [5.41, 5.74) is -2.74. The summed E-state index contributed by atoms with van der Waals surface area (Å²) in [6, 6.07) is 6.75. The second-order valence-corrected chi connectivity index (χ2v) is 16.4. The Kier molecular flexibility index (Phi) is 18.9. The van der Waals surface area contributed by atoms with Crippen molar-refractivity contribution in [3.8, 4) is 11.5 Å². The monoisotopic (exact) mass is 929 g/mol. The predicted molar refractivity (Wildman–Crippen MR) is 203 cm³/mol. The molecule has 5 rings (SSSR count). The van der Waals surface area contributed by atoms with Gasteiger partial charge in [-0.05, 0) is 42.5 Å². The zero-order valence-electron chi connectivity index (χ0n) is 29.1. The average molecular weight is 931 g/mol. The fourth-order valence-electron chi connectivity index (χ4n) is 4.69. The third kappa shape index (κ3) is 11.6. The van der Waals surface area contributed by atoms with Gasteiger partial charge in [-0.15, -0.1) is 10.2 Å². The summed E-state index contributed by atoms with van der Waals surface area (Å²) in [4.78, 5) is 16.3. The zero-order valence-corrected chi connectivity index (χ0v) is 41.9. The Morgan fingerprint density at radius 2 is 1.23 bits per heavy atom. The Balaban J connectivity index is 0.00000392. The van der Waals surface area contributed by atoms with E-state index < -0.39 is 105 Å². The summed E-state index contributed by atoms with van der Waals surface area (Å²) in [6.45, 7) is 0. The number of nitrogens with one attached hydrogen (secondary N) is 1. The Hall–Kier alpha value is -0.630. The standard InChI is InChI=1S/C26H17Cl2N5O15S4.4Na/c1-48-17-9-18(49(36,37)38)16(8-19(17)50(39,40)41)32-33-21-20(51(42,43)44)7-12-11(22(21)34)3-5-14(23(12)52(45,46)47)31-26(35)10-2-4-13-15(6-10)30-25(28)24(27)29-13;;;;/h2-9,34H,1H3,(H,31,35)(H,36,37,38)(H,39,40,41)(H,42,43,44)(H,45,46,47);;;;. The molecule has 4 aromatic carbocycles. The Labute approximate surface area is 415 Å². The fraction of sp³-hybridized carbons (Fsp3) is 0.0385. The van der Waals surface area contributed by atoms with E-state index in [9.17, 15) is 61.8 Å². The summed E-state index contributed by atoms with van der Waals surface area (Å²) in [6.07, 6.45) is 0. The molecule has 0 aliphatic carbocycles. The number of carbonyl (C=O) groups is 1. The largest absolute Gasteiger partial charge is 0.505 e. The molecule has 5 aromatic rings. The van der Waals surface area contributed by atoms with Gasteiger partial charge in [-0.25, -0.2) is 9.97 Å². The summed E-state index contributed by atoms with van der Waals surface area (Å²) >= 11 is 11.7. The van der Waals surface area contributed by atoms with Gasteiger partial charge in [0.05, 0.1) is 23.8 Å². The van der Waals surface area contributed by atoms with Gasteiger partial charge in [0.2, 0.25) is 0 Å². The molecule has 0 aliphatic rings. The molecular formula is C26H17Cl2N5Na4O15S4. The van der Waals surface area contributed by atoms with Gasteiger partial charge in [0.25, 0.3) is 46.4 Å². The third-order valence-electron chi connectivity index (χ3n) is 6.87. The van der Waals surface area contributed by atoms with Crippen molar-refractivity contribution >= 4 is 227 Å². The van der Waals surface area contributed by atoms with Crippen molar-refractivity contribution in [3.63, 3.8) is 0 Å². The number of methoxy groups -OCH3 is 1. The number of amides is 1. The van der Waals surface area contributed by atoms with Gasteiger partial charge in [-0.2, -0.15) is 33.7 Å². The number of ether oxygens (including phenoxy) is 1. The molecule has 0 aliphatic heterocycles. The van der Waals surface area contributed by atoms with Gasteiger partial charge < -0.3 is 15.2 Å². The molecule has 0 saturated heterocycles. The van der Waals surface area contributed by atoms with E-state index in [1.807, 2.05) is 0 Å². The van der Waals surface area contributed by atoms with E-state index in [1.165, 1.54) is 18.2 Å². The van der Waals surface area contributed by atoms with E-state index >= 15 is 0 Å². The Bertz CT molecular complexity index is 2890. The van der Waals surface area contributed by atoms with E-state index in [0.29, 0.717) is 18.2 Å². The smallest absolute Gasteiger partial charge is 0.298 e. The van der Waals surface area contributed by atoms with Gasteiger partial charge >= 0.3 is 0 Å². The molecule has 1 aromatic heterocycles. The van der Waals surface area contributed by atoms with Crippen LogP contribution in [0.5, 0.6) is 11.5 Å². The molecule has 0 atom stereocenters. The summed E-state index contributed by atoms with van der Waals surface area (Å²) in [5.74, 6) is -3.05. The van der Waals surface area contributed by atoms with Crippen LogP contribution in [-0.2, 0) is 40.5 Å². The van der Waals surface area contributed by atoms with Crippen LogP contribution in [0.3, 0.4) is 0 Å². The molecule has 0 saturated carbocycles. The molecule has 0 spiro atoms. The number of hydrogen-bond acceptors (Lipinski definition) is 15. The first kappa shape index (κ1) is 53.4. The van der Waals surface area contributed by atoms with Crippen LogP contribution in [0, 0.1) is 0 Å². The number of phenols is 1. The van der Waals surface area contributed by atoms with Gasteiger partial charge in [0, 0.05) is 141 Å². The minimum Gasteiger partial charge on any atom is -0.505 e. The number of phenolic OH excluding ortho intramolecular Hbond substituents is 1. The summed E-state index contributed by atoms with van der Waals surface area (Å²) in [5, 5.41) is 18.4. The van der Waals surface area contributed by atoms with Crippen molar-refractivity contribution in [2.75, 3.05) is 12.4 Å². The van der Waals surface area contributed by atoms with Gasteiger partial charge in [0.1, 0.15) is 36.7 Å². The number of azo groups is 1. The molecule has 278 valence electrons. The van der Waals surface area contributed by atoms with Crippen molar-refractivity contribution < 1.29 is 66.5 Å². The number of carbonyl (C=O) groups excluding carboxylic acids is 1. The topological polar surface area (TPSA) is 327 Å². The summed E-state index contributed by atoms with van der Waals surface area (Å²) < 4.78 is 142. The van der Waals surface area contributed by atoms with E-state index in [-0.39, 0.29) is 145 Å². The normalized spacial score (nSPS) is 11.9. The van der Waals surface area contributed by atoms with Crippen LogP contribution < -0.4 is 10.1 Å². The van der Waals surface area contributed by atoms with Crippen molar-refractivity contribution in [1.82, 2.24) is 9.97 Å². The fourth-order valence-corrected chi connectivity index (χ4v) is 7.73. The molecule has 1 amide bonds. The van der Waals surface area contributed by atoms with Crippen LogP contribution in [0.1, 0.15) is 10.4 Å². The number of hydrogen-bond donors (Lipinski definition) is 6. The molecule has 0 unspecified atom stereocenters. The van der Waals surface area contributed by atoms with E-state index in [0.717, 1.165) is 19.2 Å². The molecule has 20 nitrogen and oxygen atoms in total. The first-order valence-corrected chi connectivity index (χ1v) is 19.7. The molecular weight excluding hydrogens is 913 g/mol. The molecule has 56 heavy (non-hydrogen) atoms. The van der Waals surface area contributed by atoms with E-state index in [4.69, 9.17) is 27.9 Å². The van der Waals surface area contributed by atoms with Crippen LogP contribution in [0.25, 0.3) is 21.8 Å². The van der Waals surface area contributed by atoms with Crippen molar-refractivity contribution in [2.24, 2.45) is 10.2 Å². The second-order valence-electron chi connectivity index (χ2n) is 10.1. The number of halogens is 2. The van der Waals surface area contributed by atoms with Crippen molar-refractivity contribution in [1.29, 1.82) is 0 Å². The van der Waals surface area contributed by atoms with Gasteiger partial charge in [0.15, 0.2) is 16.1 Å².